The van der Waals surface area contributed by atoms with Crippen LogP contribution >= 0.6 is 11.6 Å². The Kier molecular flexibility index (Phi) is 6.19. The van der Waals surface area contributed by atoms with E-state index in [1.54, 1.807) is 42.5 Å². The van der Waals surface area contributed by atoms with Crippen LogP contribution < -0.4 is 4.74 Å². The van der Waals surface area contributed by atoms with Gasteiger partial charge in [0.15, 0.2) is 12.4 Å². The summed E-state index contributed by atoms with van der Waals surface area (Å²) >= 11 is 6.00. The molecule has 0 spiro atoms. The van der Waals surface area contributed by atoms with Crippen molar-refractivity contribution < 1.29 is 19.1 Å². The van der Waals surface area contributed by atoms with E-state index in [-0.39, 0.29) is 12.4 Å². The van der Waals surface area contributed by atoms with Gasteiger partial charge in [-0.3, -0.25) is 4.79 Å². The fraction of sp³-hybridized carbons (Fsp3) is 0.115. The van der Waals surface area contributed by atoms with Gasteiger partial charge in [-0.05, 0) is 49.4 Å². The molecule has 32 heavy (non-hydrogen) atoms. The molecule has 0 aliphatic carbocycles. The first-order valence-corrected chi connectivity index (χ1v) is 10.3. The van der Waals surface area contributed by atoms with Crippen LogP contribution in [-0.4, -0.2) is 30.5 Å². The standard InChI is InChI=1S/C26H20ClNO4/c1-16-6-11-23-21(12-16)22(14-24(28-23)17-7-9-19(27)10-8-17)26(30)32-15-25(29)18-4-3-5-20(13-18)31-2/h3-14H,15H2,1-2H3. The van der Waals surface area contributed by atoms with Crippen LogP contribution in [0.15, 0.2) is 72.8 Å². The van der Waals surface area contributed by atoms with Crippen LogP contribution in [-0.2, 0) is 4.74 Å². The molecular formula is C26H20ClNO4. The number of hydrogen-bond acceptors (Lipinski definition) is 5. The molecule has 5 nitrogen and oxygen atoms in total. The van der Waals surface area contributed by atoms with Gasteiger partial charge in [0.2, 0.25) is 0 Å². The van der Waals surface area contributed by atoms with E-state index >= 15 is 0 Å². The average molecular weight is 446 g/mol. The number of methoxy groups -OCH3 is 1. The Bertz CT molecular complexity index is 1320. The third kappa shape index (κ3) is 4.63. The van der Waals surface area contributed by atoms with Gasteiger partial charge in [-0.2, -0.15) is 0 Å². The van der Waals surface area contributed by atoms with Crippen molar-refractivity contribution in [2.24, 2.45) is 0 Å². The Balaban J connectivity index is 1.65. The van der Waals surface area contributed by atoms with Crippen molar-refractivity contribution in [1.82, 2.24) is 4.98 Å². The topological polar surface area (TPSA) is 65.5 Å². The van der Waals surface area contributed by atoms with E-state index in [2.05, 4.69) is 4.98 Å². The number of esters is 1. The Morgan fingerprint density at radius 1 is 0.969 bits per heavy atom. The number of fused-ring (bicyclic) bond motifs is 1. The maximum Gasteiger partial charge on any atom is 0.339 e. The van der Waals surface area contributed by atoms with Crippen LogP contribution in [0.4, 0.5) is 0 Å². The van der Waals surface area contributed by atoms with E-state index in [0.29, 0.717) is 38.5 Å². The maximum atomic E-state index is 13.0. The van der Waals surface area contributed by atoms with Gasteiger partial charge >= 0.3 is 5.97 Å². The van der Waals surface area contributed by atoms with Crippen molar-refractivity contribution in [3.63, 3.8) is 0 Å². The molecule has 0 fully saturated rings. The maximum absolute atomic E-state index is 13.0. The SMILES string of the molecule is COc1cccc(C(=O)COC(=O)c2cc(-c3ccc(Cl)cc3)nc3ccc(C)cc23)c1. The number of carbonyl (C=O) groups is 2. The minimum Gasteiger partial charge on any atom is -0.497 e. The van der Waals surface area contributed by atoms with E-state index in [0.717, 1.165) is 11.1 Å². The summed E-state index contributed by atoms with van der Waals surface area (Å²) in [7, 11) is 1.53. The van der Waals surface area contributed by atoms with Gasteiger partial charge < -0.3 is 9.47 Å². The van der Waals surface area contributed by atoms with Crippen molar-refractivity contribution in [2.45, 2.75) is 6.92 Å². The van der Waals surface area contributed by atoms with Crippen molar-refractivity contribution in [3.05, 3.63) is 94.5 Å². The number of pyridine rings is 1. The van der Waals surface area contributed by atoms with E-state index < -0.39 is 5.97 Å². The van der Waals surface area contributed by atoms with Gasteiger partial charge in [0.05, 0.1) is 23.9 Å². The molecule has 1 aromatic heterocycles. The normalized spacial score (nSPS) is 10.7. The first kappa shape index (κ1) is 21.5. The fourth-order valence-corrected chi connectivity index (χ4v) is 3.49. The predicted molar refractivity (Wildman–Crippen MR) is 125 cm³/mol. The molecule has 160 valence electrons. The van der Waals surface area contributed by atoms with Gasteiger partial charge in [0.1, 0.15) is 5.75 Å². The number of ketones is 1. The van der Waals surface area contributed by atoms with E-state index in [9.17, 15) is 9.59 Å². The molecule has 0 amide bonds. The van der Waals surface area contributed by atoms with Crippen LogP contribution in [0.3, 0.4) is 0 Å². The highest BCUT2D eigenvalue weighted by Crippen LogP contribution is 2.27. The quantitative estimate of drug-likeness (QED) is 0.272. The second-order valence-corrected chi connectivity index (χ2v) is 7.75. The monoisotopic (exact) mass is 445 g/mol. The lowest BCUT2D eigenvalue weighted by Gasteiger charge is -2.11. The number of hydrogen-bond donors (Lipinski definition) is 0. The van der Waals surface area contributed by atoms with Gasteiger partial charge in [-0.15, -0.1) is 0 Å². The zero-order valence-electron chi connectivity index (χ0n) is 17.6. The molecule has 0 atom stereocenters. The summed E-state index contributed by atoms with van der Waals surface area (Å²) < 4.78 is 10.5. The highest BCUT2D eigenvalue weighted by molar-refractivity contribution is 6.30. The molecule has 6 heteroatoms. The molecule has 0 aliphatic rings. The lowest BCUT2D eigenvalue weighted by Crippen LogP contribution is -2.15. The first-order valence-electron chi connectivity index (χ1n) is 9.96. The van der Waals surface area contributed by atoms with Crippen LogP contribution in [0.1, 0.15) is 26.3 Å². The molecule has 0 saturated heterocycles. The zero-order chi connectivity index (χ0) is 22.7. The highest BCUT2D eigenvalue weighted by atomic mass is 35.5. The number of Topliss-reactive ketones (excluding diaryl/α,β-unsaturated/α-hetero) is 1. The summed E-state index contributed by atoms with van der Waals surface area (Å²) in [5.41, 5.74) is 3.84. The minimum absolute atomic E-state index is 0.315. The summed E-state index contributed by atoms with van der Waals surface area (Å²) in [6.45, 7) is 1.56. The van der Waals surface area contributed by atoms with Crippen LogP contribution in [0.5, 0.6) is 5.75 Å². The smallest absolute Gasteiger partial charge is 0.339 e. The molecule has 3 aromatic carbocycles. The number of rotatable bonds is 6. The molecule has 0 aliphatic heterocycles. The second-order valence-electron chi connectivity index (χ2n) is 7.31. The largest absolute Gasteiger partial charge is 0.497 e. The van der Waals surface area contributed by atoms with Gasteiger partial charge in [0, 0.05) is 21.5 Å². The molecule has 4 rings (SSSR count). The molecule has 0 bridgehead atoms. The van der Waals surface area contributed by atoms with E-state index in [1.807, 2.05) is 37.3 Å². The first-order chi connectivity index (χ1) is 15.4. The number of carbonyl (C=O) groups excluding carboxylic acids is 2. The summed E-state index contributed by atoms with van der Waals surface area (Å²) in [6.07, 6.45) is 0. The van der Waals surface area contributed by atoms with Gasteiger partial charge in [0.25, 0.3) is 0 Å². The number of aryl methyl sites for hydroxylation is 1. The van der Waals surface area contributed by atoms with Crippen LogP contribution in [0.25, 0.3) is 22.2 Å². The molecule has 0 N–H and O–H groups in total. The fourth-order valence-electron chi connectivity index (χ4n) is 3.37. The minimum atomic E-state index is -0.588. The molecular weight excluding hydrogens is 426 g/mol. The number of aromatic nitrogens is 1. The summed E-state index contributed by atoms with van der Waals surface area (Å²) in [6, 6.07) is 21.3. The number of ether oxygens (including phenoxy) is 2. The van der Waals surface area contributed by atoms with Crippen LogP contribution in [0.2, 0.25) is 5.02 Å². The van der Waals surface area contributed by atoms with Crippen molar-refractivity contribution >= 4 is 34.3 Å². The summed E-state index contributed by atoms with van der Waals surface area (Å²) in [4.78, 5) is 30.2. The molecule has 1 heterocycles. The summed E-state index contributed by atoms with van der Waals surface area (Å²) in [5, 5.41) is 1.28. The Morgan fingerprint density at radius 2 is 1.75 bits per heavy atom. The molecule has 4 aromatic rings. The summed E-state index contributed by atoms with van der Waals surface area (Å²) in [5.74, 6) is -0.343. The average Bonchev–Trinajstić information content (AvgIpc) is 2.82. The Labute approximate surface area is 190 Å². The lowest BCUT2D eigenvalue weighted by atomic mass is 10.0. The third-order valence-corrected chi connectivity index (χ3v) is 5.30. The number of halogens is 1. The Morgan fingerprint density at radius 3 is 2.50 bits per heavy atom. The predicted octanol–water partition coefficient (Wildman–Crippen LogP) is 5.91. The van der Waals surface area contributed by atoms with Gasteiger partial charge in [-0.1, -0.05) is 47.5 Å². The van der Waals surface area contributed by atoms with Gasteiger partial charge in [-0.25, -0.2) is 9.78 Å². The lowest BCUT2D eigenvalue weighted by molar-refractivity contribution is 0.0476. The highest BCUT2D eigenvalue weighted by Gasteiger charge is 2.18. The zero-order valence-corrected chi connectivity index (χ0v) is 18.3. The van der Waals surface area contributed by atoms with Crippen molar-refractivity contribution in [2.75, 3.05) is 13.7 Å². The van der Waals surface area contributed by atoms with Crippen molar-refractivity contribution in [3.8, 4) is 17.0 Å². The second kappa shape index (κ2) is 9.20. The van der Waals surface area contributed by atoms with Crippen molar-refractivity contribution in [1.29, 1.82) is 0 Å². The molecule has 0 radical (unpaired) electrons. The number of nitrogens with zero attached hydrogens (tertiary/aromatic N) is 1. The molecule has 0 saturated carbocycles. The Hall–Kier alpha value is -3.70. The number of benzene rings is 3. The van der Waals surface area contributed by atoms with Crippen LogP contribution in [0, 0.1) is 6.92 Å². The third-order valence-electron chi connectivity index (χ3n) is 5.05. The van der Waals surface area contributed by atoms with E-state index in [1.165, 1.54) is 7.11 Å². The van der Waals surface area contributed by atoms with E-state index in [4.69, 9.17) is 21.1 Å². The molecule has 0 unspecified atom stereocenters.